The van der Waals surface area contributed by atoms with Crippen LogP contribution in [-0.2, 0) is 10.1 Å². The van der Waals surface area contributed by atoms with E-state index >= 15 is 0 Å². The van der Waals surface area contributed by atoms with Gasteiger partial charge in [0.1, 0.15) is 0 Å². The molecule has 0 unspecified atom stereocenters. The molecule has 0 aromatic rings. The summed E-state index contributed by atoms with van der Waals surface area (Å²) < 4.78 is 25.9. The molecular formula is C7H18N2O4S. The Labute approximate surface area is 84.7 Å². The molecule has 1 aliphatic heterocycles. The minimum Gasteiger partial charge on any atom is -0.395 e. The van der Waals surface area contributed by atoms with Gasteiger partial charge in [-0.25, -0.2) is 0 Å². The van der Waals surface area contributed by atoms with Crippen molar-refractivity contribution in [1.82, 2.24) is 10.2 Å². The maximum Gasteiger partial charge on any atom is 0.261 e. The van der Waals surface area contributed by atoms with Gasteiger partial charge in [-0.05, 0) is 0 Å². The van der Waals surface area contributed by atoms with Crippen LogP contribution in [0.5, 0.6) is 0 Å². The van der Waals surface area contributed by atoms with Crippen LogP contribution in [0, 0.1) is 0 Å². The summed E-state index contributed by atoms with van der Waals surface area (Å²) in [4.78, 5) is 2.26. The molecule has 1 fully saturated rings. The van der Waals surface area contributed by atoms with Crippen molar-refractivity contribution in [2.24, 2.45) is 0 Å². The van der Waals surface area contributed by atoms with Crippen LogP contribution in [0.1, 0.15) is 0 Å². The maximum atomic E-state index is 9.19. The van der Waals surface area contributed by atoms with E-state index in [4.69, 9.17) is 9.66 Å². The first-order valence-electron chi connectivity index (χ1n) is 4.40. The minimum absolute atomic E-state index is 0.292. The molecule has 0 amide bonds. The Hall–Kier alpha value is -0.210. The van der Waals surface area contributed by atoms with Gasteiger partial charge < -0.3 is 10.4 Å². The molecule has 1 rings (SSSR count). The van der Waals surface area contributed by atoms with E-state index in [1.807, 2.05) is 0 Å². The molecule has 1 saturated heterocycles. The van der Waals surface area contributed by atoms with Gasteiger partial charge in [-0.15, -0.1) is 0 Å². The van der Waals surface area contributed by atoms with Crippen LogP contribution >= 0.6 is 0 Å². The Kier molecular flexibility index (Phi) is 7.02. The minimum atomic E-state index is -3.67. The number of nitrogens with one attached hydrogen (secondary N) is 1. The van der Waals surface area contributed by atoms with Crippen LogP contribution in [0.3, 0.4) is 0 Å². The van der Waals surface area contributed by atoms with Crippen molar-refractivity contribution in [1.29, 1.82) is 0 Å². The zero-order valence-corrected chi connectivity index (χ0v) is 9.13. The Bertz CT molecular complexity index is 213. The topological polar surface area (TPSA) is 89.9 Å². The highest BCUT2D eigenvalue weighted by molar-refractivity contribution is 7.85. The first-order chi connectivity index (χ1) is 6.43. The number of aliphatic hydroxyl groups excluding tert-OH is 1. The lowest BCUT2D eigenvalue weighted by molar-refractivity contribution is 0.180. The molecule has 3 N–H and O–H groups in total. The number of aliphatic hydroxyl groups is 1. The Balaban J connectivity index is 0.000000292. The number of rotatable bonds is 2. The zero-order valence-electron chi connectivity index (χ0n) is 8.31. The molecule has 0 aliphatic carbocycles. The van der Waals surface area contributed by atoms with Crippen LogP contribution in [0.25, 0.3) is 0 Å². The summed E-state index contributed by atoms with van der Waals surface area (Å²) in [6.45, 7) is 5.43. The van der Waals surface area contributed by atoms with Gasteiger partial charge in [0.2, 0.25) is 0 Å². The maximum absolute atomic E-state index is 9.19. The number of hydrogen-bond donors (Lipinski definition) is 3. The Morgan fingerprint density at radius 2 is 1.79 bits per heavy atom. The van der Waals surface area contributed by atoms with Gasteiger partial charge in [0.15, 0.2) is 0 Å². The number of nitrogens with zero attached hydrogens (tertiary/aromatic N) is 1. The fraction of sp³-hybridized carbons (Fsp3) is 1.00. The van der Waals surface area contributed by atoms with Crippen molar-refractivity contribution in [2.75, 3.05) is 45.6 Å². The molecule has 0 aromatic carbocycles. The smallest absolute Gasteiger partial charge is 0.261 e. The van der Waals surface area contributed by atoms with Gasteiger partial charge in [-0.1, -0.05) is 0 Å². The van der Waals surface area contributed by atoms with E-state index in [1.54, 1.807) is 0 Å². The Morgan fingerprint density at radius 3 is 2.14 bits per heavy atom. The van der Waals surface area contributed by atoms with Gasteiger partial charge in [0.05, 0.1) is 12.9 Å². The van der Waals surface area contributed by atoms with Crippen molar-refractivity contribution in [3.8, 4) is 0 Å². The average molecular weight is 226 g/mol. The van der Waals surface area contributed by atoms with E-state index in [9.17, 15) is 8.42 Å². The van der Waals surface area contributed by atoms with Gasteiger partial charge in [-0.2, -0.15) is 8.42 Å². The van der Waals surface area contributed by atoms with E-state index in [0.717, 1.165) is 32.7 Å². The second-order valence-electron chi connectivity index (χ2n) is 3.05. The summed E-state index contributed by atoms with van der Waals surface area (Å²) in [5.41, 5.74) is 0. The van der Waals surface area contributed by atoms with Crippen LogP contribution in [0.2, 0.25) is 0 Å². The highest BCUT2D eigenvalue weighted by atomic mass is 32.2. The molecule has 0 bridgehead atoms. The third kappa shape index (κ3) is 11.8. The lowest BCUT2D eigenvalue weighted by Gasteiger charge is -2.25. The largest absolute Gasteiger partial charge is 0.395 e. The van der Waals surface area contributed by atoms with Gasteiger partial charge in [-0.3, -0.25) is 9.45 Å². The number of β-amino-alcohol motifs (C(OH)–C–C–N with tert-alkyl or cyclic N) is 1. The van der Waals surface area contributed by atoms with Crippen molar-refractivity contribution < 1.29 is 18.1 Å². The summed E-state index contributed by atoms with van der Waals surface area (Å²) in [5, 5.41) is 11.8. The fourth-order valence-electron chi connectivity index (χ4n) is 1.08. The van der Waals surface area contributed by atoms with E-state index in [2.05, 4.69) is 10.2 Å². The molecule has 7 heteroatoms. The molecule has 1 heterocycles. The highest BCUT2D eigenvalue weighted by Crippen LogP contribution is 1.88. The normalized spacial score (nSPS) is 18.5. The van der Waals surface area contributed by atoms with Crippen molar-refractivity contribution in [2.45, 2.75) is 0 Å². The van der Waals surface area contributed by atoms with Crippen molar-refractivity contribution in [3.63, 3.8) is 0 Å². The lowest BCUT2D eigenvalue weighted by atomic mass is 10.4. The second-order valence-corrected chi connectivity index (χ2v) is 4.51. The van der Waals surface area contributed by atoms with E-state index < -0.39 is 10.1 Å². The molecule has 0 aromatic heterocycles. The molecule has 14 heavy (non-hydrogen) atoms. The van der Waals surface area contributed by atoms with E-state index in [-0.39, 0.29) is 0 Å². The molecule has 1 aliphatic rings. The quantitative estimate of drug-likeness (QED) is 0.491. The standard InChI is InChI=1S/C6H14N2O.CH4O3S/c9-6-5-8-3-1-7-2-4-8;1-5(2,3)4/h7,9H,1-6H2;1H3,(H,2,3,4). The summed E-state index contributed by atoms with van der Waals surface area (Å²) in [7, 11) is -3.67. The van der Waals surface area contributed by atoms with E-state index in [1.165, 1.54) is 0 Å². The predicted molar refractivity (Wildman–Crippen MR) is 53.9 cm³/mol. The molecular weight excluding hydrogens is 208 g/mol. The summed E-state index contributed by atoms with van der Waals surface area (Å²) in [6.07, 6.45) is 0.715. The summed E-state index contributed by atoms with van der Waals surface area (Å²) in [6, 6.07) is 0. The summed E-state index contributed by atoms with van der Waals surface area (Å²) in [5.74, 6) is 0. The number of piperazine rings is 1. The predicted octanol–water partition coefficient (Wildman–Crippen LogP) is -1.61. The first-order valence-corrected chi connectivity index (χ1v) is 6.24. The summed E-state index contributed by atoms with van der Waals surface area (Å²) >= 11 is 0. The van der Waals surface area contributed by atoms with E-state index in [0.29, 0.717) is 12.9 Å². The molecule has 0 atom stereocenters. The van der Waals surface area contributed by atoms with Crippen molar-refractivity contribution >= 4 is 10.1 Å². The van der Waals surface area contributed by atoms with Gasteiger partial charge in [0, 0.05) is 32.7 Å². The SMILES string of the molecule is CS(=O)(=O)O.OCCN1CCNCC1. The van der Waals surface area contributed by atoms with Crippen LogP contribution in [-0.4, -0.2) is 68.6 Å². The highest BCUT2D eigenvalue weighted by Gasteiger charge is 2.06. The fourth-order valence-corrected chi connectivity index (χ4v) is 1.08. The number of hydrogen-bond acceptors (Lipinski definition) is 5. The van der Waals surface area contributed by atoms with Gasteiger partial charge >= 0.3 is 0 Å². The molecule has 0 radical (unpaired) electrons. The zero-order chi connectivity index (χ0) is 11.0. The third-order valence-corrected chi connectivity index (χ3v) is 1.63. The first kappa shape index (κ1) is 13.8. The van der Waals surface area contributed by atoms with Crippen LogP contribution in [0.4, 0.5) is 0 Å². The molecule has 0 saturated carbocycles. The van der Waals surface area contributed by atoms with Crippen LogP contribution in [0.15, 0.2) is 0 Å². The molecule has 6 nitrogen and oxygen atoms in total. The van der Waals surface area contributed by atoms with Gasteiger partial charge in [0.25, 0.3) is 10.1 Å². The Morgan fingerprint density at radius 1 is 1.36 bits per heavy atom. The monoisotopic (exact) mass is 226 g/mol. The average Bonchev–Trinajstić information content (AvgIpc) is 2.03. The molecule has 86 valence electrons. The third-order valence-electron chi connectivity index (χ3n) is 1.63. The van der Waals surface area contributed by atoms with Crippen molar-refractivity contribution in [3.05, 3.63) is 0 Å². The van der Waals surface area contributed by atoms with Crippen LogP contribution < -0.4 is 5.32 Å². The molecule has 0 spiro atoms. The second kappa shape index (κ2) is 7.13. The lowest BCUT2D eigenvalue weighted by Crippen LogP contribution is -2.44.